The van der Waals surface area contributed by atoms with E-state index in [1.54, 1.807) is 56.6 Å². The minimum absolute atomic E-state index is 0.0935. The van der Waals surface area contributed by atoms with Gasteiger partial charge < -0.3 is 14.7 Å². The molecule has 3 amide bonds. The van der Waals surface area contributed by atoms with E-state index in [0.717, 1.165) is 0 Å². The molecule has 0 aliphatic heterocycles. The smallest absolute Gasteiger partial charge is 0.290 e. The van der Waals surface area contributed by atoms with Crippen molar-refractivity contribution in [1.82, 2.24) is 9.80 Å². The SMILES string of the molecule is CC(C)N(C(=O)C(=O)CC(=O)N(Cc1ccc(Cl)c(Cl)c1)c1ccc(C(=O)N(C)C)cc1)C(C)C. The first-order valence-corrected chi connectivity index (χ1v) is 12.0. The van der Waals surface area contributed by atoms with Gasteiger partial charge in [0.25, 0.3) is 11.8 Å². The number of ketones is 1. The number of benzene rings is 2. The lowest BCUT2D eigenvalue weighted by Crippen LogP contribution is -2.46. The summed E-state index contributed by atoms with van der Waals surface area (Å²) in [6.45, 7) is 7.37. The van der Waals surface area contributed by atoms with Crippen LogP contribution >= 0.6 is 23.2 Å². The maximum Gasteiger partial charge on any atom is 0.290 e. The fourth-order valence-corrected chi connectivity index (χ4v) is 4.02. The van der Waals surface area contributed by atoms with E-state index >= 15 is 0 Å². The van der Waals surface area contributed by atoms with E-state index in [1.807, 2.05) is 27.7 Å². The lowest BCUT2D eigenvalue weighted by atomic mass is 10.1. The Hall–Kier alpha value is -2.90. The topological polar surface area (TPSA) is 78.0 Å². The highest BCUT2D eigenvalue weighted by atomic mass is 35.5. The van der Waals surface area contributed by atoms with Crippen molar-refractivity contribution in [2.24, 2.45) is 0 Å². The highest BCUT2D eigenvalue weighted by Crippen LogP contribution is 2.26. The van der Waals surface area contributed by atoms with Crippen LogP contribution in [0.1, 0.15) is 50.0 Å². The van der Waals surface area contributed by atoms with Crippen LogP contribution in [0, 0.1) is 0 Å². The van der Waals surface area contributed by atoms with Crippen LogP contribution in [-0.4, -0.2) is 59.5 Å². The highest BCUT2D eigenvalue weighted by Gasteiger charge is 2.30. The minimum Gasteiger partial charge on any atom is -0.345 e. The summed E-state index contributed by atoms with van der Waals surface area (Å²) in [5.74, 6) is -2.20. The summed E-state index contributed by atoms with van der Waals surface area (Å²) in [5.41, 5.74) is 1.61. The normalized spacial score (nSPS) is 10.9. The van der Waals surface area contributed by atoms with Crippen molar-refractivity contribution in [3.63, 3.8) is 0 Å². The Bertz CT molecular complexity index is 1090. The van der Waals surface area contributed by atoms with E-state index in [9.17, 15) is 19.2 Å². The van der Waals surface area contributed by atoms with Crippen LogP contribution in [0.4, 0.5) is 5.69 Å². The van der Waals surface area contributed by atoms with Gasteiger partial charge in [-0.1, -0.05) is 29.3 Å². The predicted octanol–water partition coefficient (Wildman–Crippen LogP) is 4.83. The molecule has 0 aliphatic rings. The molecule has 0 radical (unpaired) electrons. The van der Waals surface area contributed by atoms with Gasteiger partial charge in [0, 0.05) is 37.4 Å². The maximum atomic E-state index is 13.3. The quantitative estimate of drug-likeness (QED) is 0.351. The summed E-state index contributed by atoms with van der Waals surface area (Å²) in [6, 6.07) is 11.1. The molecule has 0 aromatic heterocycles. The average molecular weight is 520 g/mol. The van der Waals surface area contributed by atoms with Gasteiger partial charge in [0.05, 0.1) is 23.0 Å². The van der Waals surface area contributed by atoms with Crippen molar-refractivity contribution in [2.75, 3.05) is 19.0 Å². The first kappa shape index (κ1) is 28.3. The molecular formula is C26H31Cl2N3O4. The number of hydrogen-bond donors (Lipinski definition) is 0. The van der Waals surface area contributed by atoms with Crippen LogP contribution in [-0.2, 0) is 20.9 Å². The van der Waals surface area contributed by atoms with Crippen LogP contribution in [0.3, 0.4) is 0 Å². The molecule has 0 saturated carbocycles. The van der Waals surface area contributed by atoms with E-state index in [4.69, 9.17) is 23.2 Å². The van der Waals surface area contributed by atoms with Gasteiger partial charge in [-0.2, -0.15) is 0 Å². The van der Waals surface area contributed by atoms with Crippen LogP contribution < -0.4 is 4.90 Å². The molecule has 0 heterocycles. The Balaban J connectivity index is 2.36. The summed E-state index contributed by atoms with van der Waals surface area (Å²) in [7, 11) is 3.30. The van der Waals surface area contributed by atoms with E-state index in [-0.39, 0.29) is 24.5 Å². The first-order valence-electron chi connectivity index (χ1n) is 11.2. The molecule has 0 saturated heterocycles. The predicted molar refractivity (Wildman–Crippen MR) is 139 cm³/mol. The average Bonchev–Trinajstić information content (AvgIpc) is 2.78. The molecule has 0 spiro atoms. The van der Waals surface area contributed by atoms with E-state index < -0.39 is 24.0 Å². The number of carbonyl (C=O) groups excluding carboxylic acids is 4. The van der Waals surface area contributed by atoms with Crippen molar-refractivity contribution < 1.29 is 19.2 Å². The third kappa shape index (κ3) is 7.29. The second-order valence-electron chi connectivity index (χ2n) is 8.97. The lowest BCUT2D eigenvalue weighted by Gasteiger charge is -2.30. The number of anilines is 1. The molecule has 0 unspecified atom stereocenters. The lowest BCUT2D eigenvalue weighted by molar-refractivity contribution is -0.148. The summed E-state index contributed by atoms with van der Waals surface area (Å²) in [5, 5.41) is 0.710. The Kier molecular flexibility index (Phi) is 9.86. The van der Waals surface area contributed by atoms with Gasteiger partial charge in [-0.05, 0) is 69.7 Å². The molecule has 0 fully saturated rings. The minimum atomic E-state index is -0.782. The van der Waals surface area contributed by atoms with Gasteiger partial charge in [-0.15, -0.1) is 0 Å². The Morgan fingerprint density at radius 2 is 1.40 bits per heavy atom. The van der Waals surface area contributed by atoms with Gasteiger partial charge in [-0.25, -0.2) is 0 Å². The summed E-state index contributed by atoms with van der Waals surface area (Å²) in [4.78, 5) is 55.4. The number of hydrogen-bond acceptors (Lipinski definition) is 4. The standard InChI is InChI=1S/C26H31Cl2N3O4/c1-16(2)31(17(3)4)26(35)23(32)14-24(33)30(15-18-7-12-21(27)22(28)13-18)20-10-8-19(9-11-20)25(34)29(5)6/h7-13,16-17H,14-15H2,1-6H3. The summed E-state index contributed by atoms with van der Waals surface area (Å²) < 4.78 is 0. The van der Waals surface area contributed by atoms with E-state index in [0.29, 0.717) is 26.9 Å². The molecule has 0 bridgehead atoms. The number of nitrogens with zero attached hydrogens (tertiary/aromatic N) is 3. The second-order valence-corrected chi connectivity index (χ2v) is 9.79. The van der Waals surface area contributed by atoms with Crippen LogP contribution in [0.25, 0.3) is 0 Å². The van der Waals surface area contributed by atoms with Crippen molar-refractivity contribution >= 4 is 52.4 Å². The molecule has 9 heteroatoms. The molecule has 0 aliphatic carbocycles. The van der Waals surface area contributed by atoms with Gasteiger partial charge in [0.15, 0.2) is 0 Å². The number of amides is 3. The van der Waals surface area contributed by atoms with Crippen molar-refractivity contribution in [2.45, 2.75) is 52.7 Å². The van der Waals surface area contributed by atoms with Gasteiger partial charge in [0.2, 0.25) is 11.7 Å². The van der Waals surface area contributed by atoms with E-state index in [2.05, 4.69) is 0 Å². The zero-order valence-electron chi connectivity index (χ0n) is 20.8. The van der Waals surface area contributed by atoms with Crippen LogP contribution in [0.15, 0.2) is 42.5 Å². The molecule has 2 aromatic rings. The number of Topliss-reactive ketones (excluding diaryl/α,β-unsaturated/α-hetero) is 1. The monoisotopic (exact) mass is 519 g/mol. The Labute approximate surface area is 216 Å². The summed E-state index contributed by atoms with van der Waals surface area (Å²) in [6.07, 6.45) is -0.589. The van der Waals surface area contributed by atoms with Crippen molar-refractivity contribution in [3.05, 3.63) is 63.6 Å². The number of halogens is 2. The fraction of sp³-hybridized carbons (Fsp3) is 0.385. The zero-order valence-corrected chi connectivity index (χ0v) is 22.4. The molecule has 7 nitrogen and oxygen atoms in total. The third-order valence-electron chi connectivity index (χ3n) is 5.36. The van der Waals surface area contributed by atoms with Crippen molar-refractivity contribution in [1.29, 1.82) is 0 Å². The van der Waals surface area contributed by atoms with Crippen LogP contribution in [0.5, 0.6) is 0 Å². The van der Waals surface area contributed by atoms with E-state index in [1.165, 1.54) is 14.7 Å². The van der Waals surface area contributed by atoms with Gasteiger partial charge >= 0.3 is 0 Å². The molecule has 2 aromatic carbocycles. The number of carbonyl (C=O) groups is 4. The zero-order chi connectivity index (χ0) is 26.4. The van der Waals surface area contributed by atoms with Crippen molar-refractivity contribution in [3.8, 4) is 0 Å². The van der Waals surface area contributed by atoms with Crippen LogP contribution in [0.2, 0.25) is 10.0 Å². The fourth-order valence-electron chi connectivity index (χ4n) is 3.70. The number of rotatable bonds is 9. The Morgan fingerprint density at radius 1 is 0.829 bits per heavy atom. The molecule has 2 rings (SSSR count). The molecular weight excluding hydrogens is 489 g/mol. The molecule has 35 heavy (non-hydrogen) atoms. The largest absolute Gasteiger partial charge is 0.345 e. The molecule has 0 N–H and O–H groups in total. The summed E-state index contributed by atoms with van der Waals surface area (Å²) >= 11 is 12.2. The third-order valence-corrected chi connectivity index (χ3v) is 6.09. The second kappa shape index (κ2) is 12.2. The highest BCUT2D eigenvalue weighted by molar-refractivity contribution is 6.42. The van der Waals surface area contributed by atoms with Gasteiger partial charge in [0.1, 0.15) is 0 Å². The van der Waals surface area contributed by atoms with Gasteiger partial charge in [-0.3, -0.25) is 19.2 Å². The Morgan fingerprint density at radius 3 is 1.89 bits per heavy atom. The maximum absolute atomic E-state index is 13.3. The first-order chi connectivity index (χ1) is 16.3. The molecule has 188 valence electrons. The molecule has 0 atom stereocenters.